The van der Waals surface area contributed by atoms with Crippen molar-refractivity contribution in [1.82, 2.24) is 0 Å². The Labute approximate surface area is 140 Å². The fraction of sp³-hybridized carbons (Fsp3) is 0.211. The van der Waals surface area contributed by atoms with Gasteiger partial charge in [0.05, 0.1) is 0 Å². The van der Waals surface area contributed by atoms with E-state index >= 15 is 0 Å². The number of halogens is 1. The molecule has 23 heavy (non-hydrogen) atoms. The zero-order valence-corrected chi connectivity index (χ0v) is 14.1. The summed E-state index contributed by atoms with van der Waals surface area (Å²) >= 11 is 6.34. The topological polar surface area (TPSA) is 57.5 Å². The Bertz CT molecular complexity index is 771. The Morgan fingerprint density at radius 1 is 1.13 bits per heavy atom. The quantitative estimate of drug-likeness (QED) is 0.769. The summed E-state index contributed by atoms with van der Waals surface area (Å²) in [7, 11) is 0. The molecule has 0 spiro atoms. The molecule has 0 aliphatic heterocycles. The SMILES string of the molecule is CC(C)(C)c1cc(-c2ccc(/C=C/C(=O)O)cc2Cl)ccc1O. The Hall–Kier alpha value is -2.26. The van der Waals surface area contributed by atoms with E-state index in [1.54, 1.807) is 12.1 Å². The smallest absolute Gasteiger partial charge is 0.328 e. The van der Waals surface area contributed by atoms with Crippen molar-refractivity contribution in [1.29, 1.82) is 0 Å². The average Bonchev–Trinajstić information content (AvgIpc) is 2.45. The number of aromatic hydroxyl groups is 1. The van der Waals surface area contributed by atoms with Gasteiger partial charge in [0.1, 0.15) is 5.75 Å². The fourth-order valence-corrected chi connectivity index (χ4v) is 2.64. The van der Waals surface area contributed by atoms with E-state index < -0.39 is 5.97 Å². The summed E-state index contributed by atoms with van der Waals surface area (Å²) in [4.78, 5) is 10.6. The van der Waals surface area contributed by atoms with Crippen LogP contribution in [0.15, 0.2) is 42.5 Å². The van der Waals surface area contributed by atoms with Crippen LogP contribution < -0.4 is 0 Å². The van der Waals surface area contributed by atoms with Gasteiger partial charge in [0.2, 0.25) is 0 Å². The molecule has 0 unspecified atom stereocenters. The number of hydrogen-bond donors (Lipinski definition) is 2. The van der Waals surface area contributed by atoms with Crippen molar-refractivity contribution in [2.24, 2.45) is 0 Å². The second kappa shape index (κ2) is 6.47. The van der Waals surface area contributed by atoms with Gasteiger partial charge in [-0.1, -0.05) is 50.6 Å². The number of carbonyl (C=O) groups is 1. The summed E-state index contributed by atoms with van der Waals surface area (Å²) < 4.78 is 0. The lowest BCUT2D eigenvalue weighted by Crippen LogP contribution is -2.11. The molecule has 0 aromatic heterocycles. The van der Waals surface area contributed by atoms with Crippen molar-refractivity contribution in [3.05, 3.63) is 58.6 Å². The number of rotatable bonds is 3. The molecule has 4 heteroatoms. The van der Waals surface area contributed by atoms with Crippen LogP contribution in [0, 0.1) is 0 Å². The highest BCUT2D eigenvalue weighted by Crippen LogP contribution is 2.36. The number of hydrogen-bond acceptors (Lipinski definition) is 2. The molecule has 0 fully saturated rings. The zero-order valence-electron chi connectivity index (χ0n) is 13.3. The molecule has 0 bridgehead atoms. The Morgan fingerprint density at radius 3 is 2.39 bits per heavy atom. The van der Waals surface area contributed by atoms with Crippen LogP contribution in [0.25, 0.3) is 17.2 Å². The summed E-state index contributed by atoms with van der Waals surface area (Å²) in [6.07, 6.45) is 2.57. The number of phenolic OH excluding ortho intramolecular Hbond substituents is 1. The van der Waals surface area contributed by atoms with Gasteiger partial charge < -0.3 is 10.2 Å². The first kappa shape index (κ1) is 17.1. The first-order valence-corrected chi connectivity index (χ1v) is 7.61. The molecule has 0 saturated carbocycles. The summed E-state index contributed by atoms with van der Waals surface area (Å²) in [6.45, 7) is 6.10. The van der Waals surface area contributed by atoms with Crippen molar-refractivity contribution >= 4 is 23.6 Å². The number of phenols is 1. The van der Waals surface area contributed by atoms with E-state index in [2.05, 4.69) is 0 Å². The maximum Gasteiger partial charge on any atom is 0.328 e. The minimum atomic E-state index is -1.00. The van der Waals surface area contributed by atoms with Crippen molar-refractivity contribution in [3.8, 4) is 16.9 Å². The second-order valence-corrected chi connectivity index (χ2v) is 6.80. The van der Waals surface area contributed by atoms with E-state index in [1.807, 2.05) is 45.0 Å². The Morgan fingerprint density at radius 2 is 1.83 bits per heavy atom. The van der Waals surface area contributed by atoms with E-state index in [4.69, 9.17) is 16.7 Å². The molecule has 0 saturated heterocycles. The molecule has 3 nitrogen and oxygen atoms in total. The highest BCUT2D eigenvalue weighted by Gasteiger charge is 2.19. The van der Waals surface area contributed by atoms with Gasteiger partial charge in [-0.3, -0.25) is 0 Å². The van der Waals surface area contributed by atoms with Crippen molar-refractivity contribution in [3.63, 3.8) is 0 Å². The third-order valence-corrected chi connectivity index (χ3v) is 3.84. The van der Waals surface area contributed by atoms with Crippen LogP contribution >= 0.6 is 11.6 Å². The zero-order chi connectivity index (χ0) is 17.2. The lowest BCUT2D eigenvalue weighted by Gasteiger charge is -2.21. The maximum absolute atomic E-state index is 10.6. The van der Waals surface area contributed by atoms with Crippen molar-refractivity contribution < 1.29 is 15.0 Å². The van der Waals surface area contributed by atoms with Crippen LogP contribution in [0.5, 0.6) is 5.75 Å². The van der Waals surface area contributed by atoms with Crippen LogP contribution in [0.4, 0.5) is 0 Å². The Balaban J connectivity index is 2.45. The molecule has 2 rings (SSSR count). The summed E-state index contributed by atoms with van der Waals surface area (Å²) in [5.74, 6) is -0.739. The number of carboxylic acid groups (broad SMARTS) is 1. The standard InChI is InChI=1S/C19H19ClO3/c1-19(2,3)15-11-13(6-8-17(15)21)14-7-4-12(10-16(14)20)5-9-18(22)23/h4-11,21H,1-3H3,(H,22,23)/b9-5+. The van der Waals surface area contributed by atoms with Crippen LogP contribution in [0.1, 0.15) is 31.9 Å². The van der Waals surface area contributed by atoms with Crippen LogP contribution in [-0.2, 0) is 10.2 Å². The van der Waals surface area contributed by atoms with Crippen LogP contribution in [0.2, 0.25) is 5.02 Å². The molecule has 0 aliphatic carbocycles. The van der Waals surface area contributed by atoms with Crippen molar-refractivity contribution in [2.45, 2.75) is 26.2 Å². The van der Waals surface area contributed by atoms with Gasteiger partial charge in [0, 0.05) is 16.7 Å². The van der Waals surface area contributed by atoms with Crippen LogP contribution in [-0.4, -0.2) is 16.2 Å². The minimum absolute atomic E-state index is 0.184. The van der Waals surface area contributed by atoms with Gasteiger partial charge in [-0.05, 0) is 46.4 Å². The second-order valence-electron chi connectivity index (χ2n) is 6.39. The minimum Gasteiger partial charge on any atom is -0.508 e. The average molecular weight is 331 g/mol. The number of carboxylic acids is 1. The molecule has 120 valence electrons. The van der Waals surface area contributed by atoms with Crippen LogP contribution in [0.3, 0.4) is 0 Å². The monoisotopic (exact) mass is 330 g/mol. The molecular formula is C19H19ClO3. The lowest BCUT2D eigenvalue weighted by atomic mass is 9.84. The summed E-state index contributed by atoms with van der Waals surface area (Å²) in [5.41, 5.74) is 3.13. The maximum atomic E-state index is 10.6. The van der Waals surface area contributed by atoms with E-state index in [0.29, 0.717) is 5.02 Å². The number of aliphatic carboxylic acids is 1. The molecule has 2 N–H and O–H groups in total. The molecule has 0 atom stereocenters. The predicted octanol–water partition coefficient (Wildman–Crippen LogP) is 5.11. The van der Waals surface area contributed by atoms with E-state index in [-0.39, 0.29) is 11.2 Å². The highest BCUT2D eigenvalue weighted by atomic mass is 35.5. The lowest BCUT2D eigenvalue weighted by molar-refractivity contribution is -0.131. The molecule has 0 radical (unpaired) electrons. The third kappa shape index (κ3) is 4.14. The number of benzene rings is 2. The summed E-state index contributed by atoms with van der Waals surface area (Å²) in [5, 5.41) is 19.3. The molecular weight excluding hydrogens is 312 g/mol. The first-order chi connectivity index (χ1) is 10.7. The van der Waals surface area contributed by atoms with Gasteiger partial charge in [0.25, 0.3) is 0 Å². The largest absolute Gasteiger partial charge is 0.508 e. The molecule has 0 amide bonds. The normalized spacial score (nSPS) is 11.8. The molecule has 2 aromatic carbocycles. The fourth-order valence-electron chi connectivity index (χ4n) is 2.34. The van der Waals surface area contributed by atoms with E-state index in [0.717, 1.165) is 28.3 Å². The molecule has 0 heterocycles. The van der Waals surface area contributed by atoms with Gasteiger partial charge >= 0.3 is 5.97 Å². The highest BCUT2D eigenvalue weighted by molar-refractivity contribution is 6.33. The first-order valence-electron chi connectivity index (χ1n) is 7.23. The van der Waals surface area contributed by atoms with E-state index in [9.17, 15) is 9.90 Å². The van der Waals surface area contributed by atoms with Gasteiger partial charge in [-0.2, -0.15) is 0 Å². The van der Waals surface area contributed by atoms with E-state index in [1.165, 1.54) is 6.08 Å². The van der Waals surface area contributed by atoms with Crippen molar-refractivity contribution in [2.75, 3.05) is 0 Å². The molecule has 0 aliphatic rings. The van der Waals surface area contributed by atoms with Gasteiger partial charge in [0.15, 0.2) is 0 Å². The van der Waals surface area contributed by atoms with Gasteiger partial charge in [-0.25, -0.2) is 4.79 Å². The third-order valence-electron chi connectivity index (χ3n) is 3.53. The Kier molecular flexibility index (Phi) is 4.81. The summed E-state index contributed by atoms with van der Waals surface area (Å²) in [6, 6.07) is 10.8. The predicted molar refractivity (Wildman–Crippen MR) is 93.9 cm³/mol. The van der Waals surface area contributed by atoms with Gasteiger partial charge in [-0.15, -0.1) is 0 Å². The molecule has 2 aromatic rings.